The molecule has 16 heavy (non-hydrogen) atoms. The molecule has 4 nitrogen and oxygen atoms in total. The van der Waals surface area contributed by atoms with Gasteiger partial charge in [0, 0.05) is 6.20 Å². The van der Waals surface area contributed by atoms with Crippen LogP contribution in [-0.4, -0.2) is 15.6 Å². The SMILES string of the molecule is O=C(O)C1(n2cc(Cl)cc(Br)c2=O)CCC1. The quantitative estimate of drug-likeness (QED) is 0.911. The van der Waals surface area contributed by atoms with Gasteiger partial charge in [-0.15, -0.1) is 0 Å². The zero-order chi connectivity index (χ0) is 11.9. The molecular formula is C10H9BrClNO3. The van der Waals surface area contributed by atoms with Gasteiger partial charge in [0.1, 0.15) is 5.54 Å². The largest absolute Gasteiger partial charge is 0.479 e. The number of carbonyl (C=O) groups is 1. The average Bonchev–Trinajstić information content (AvgIpc) is 2.10. The zero-order valence-electron chi connectivity index (χ0n) is 8.24. The number of nitrogens with zero attached hydrogens (tertiary/aromatic N) is 1. The third kappa shape index (κ3) is 1.58. The Bertz CT molecular complexity index is 507. The Balaban J connectivity index is 2.63. The minimum atomic E-state index is -1.11. The smallest absolute Gasteiger partial charge is 0.329 e. The maximum absolute atomic E-state index is 11.9. The highest BCUT2D eigenvalue weighted by Gasteiger charge is 2.47. The van der Waals surface area contributed by atoms with E-state index in [1.54, 1.807) is 0 Å². The Hall–Kier alpha value is -0.810. The van der Waals surface area contributed by atoms with Crippen molar-refractivity contribution in [2.45, 2.75) is 24.8 Å². The Labute approximate surface area is 105 Å². The van der Waals surface area contributed by atoms with Crippen molar-refractivity contribution >= 4 is 33.5 Å². The molecule has 1 N–H and O–H groups in total. The summed E-state index contributed by atoms with van der Waals surface area (Å²) in [5.41, 5.74) is -1.46. The van der Waals surface area contributed by atoms with Crippen molar-refractivity contribution in [1.82, 2.24) is 4.57 Å². The van der Waals surface area contributed by atoms with Crippen LogP contribution < -0.4 is 5.56 Å². The normalized spacial score (nSPS) is 17.9. The molecule has 0 atom stereocenters. The van der Waals surface area contributed by atoms with Gasteiger partial charge in [-0.05, 0) is 41.3 Å². The van der Waals surface area contributed by atoms with E-state index < -0.39 is 11.5 Å². The van der Waals surface area contributed by atoms with Gasteiger partial charge < -0.3 is 5.11 Å². The van der Waals surface area contributed by atoms with Crippen LogP contribution >= 0.6 is 27.5 Å². The first-order chi connectivity index (χ1) is 7.47. The lowest BCUT2D eigenvalue weighted by atomic mass is 9.76. The van der Waals surface area contributed by atoms with Gasteiger partial charge in [-0.1, -0.05) is 11.6 Å². The molecule has 6 heteroatoms. The fourth-order valence-electron chi connectivity index (χ4n) is 1.90. The van der Waals surface area contributed by atoms with Gasteiger partial charge in [0.25, 0.3) is 5.56 Å². The molecular weight excluding hydrogens is 297 g/mol. The second-order valence-corrected chi connectivity index (χ2v) is 5.16. The van der Waals surface area contributed by atoms with Crippen LogP contribution in [0.25, 0.3) is 0 Å². The van der Waals surface area contributed by atoms with E-state index in [0.29, 0.717) is 17.9 Å². The summed E-state index contributed by atoms with van der Waals surface area (Å²) < 4.78 is 1.51. The molecule has 0 aromatic carbocycles. The molecule has 86 valence electrons. The van der Waals surface area contributed by atoms with Crippen molar-refractivity contribution in [1.29, 1.82) is 0 Å². The lowest BCUT2D eigenvalue weighted by Crippen LogP contribution is -2.52. The summed E-state index contributed by atoms with van der Waals surface area (Å²) in [5, 5.41) is 9.57. The summed E-state index contributed by atoms with van der Waals surface area (Å²) in [6.45, 7) is 0. The van der Waals surface area contributed by atoms with Crippen molar-refractivity contribution in [2.24, 2.45) is 0 Å². The molecule has 0 spiro atoms. The third-order valence-corrected chi connectivity index (χ3v) is 3.75. The van der Waals surface area contributed by atoms with Crippen LogP contribution in [0.15, 0.2) is 21.5 Å². The van der Waals surface area contributed by atoms with E-state index in [9.17, 15) is 14.7 Å². The Morgan fingerprint density at radius 1 is 1.56 bits per heavy atom. The van der Waals surface area contributed by atoms with E-state index in [0.717, 1.165) is 6.42 Å². The Morgan fingerprint density at radius 2 is 2.19 bits per heavy atom. The highest BCUT2D eigenvalue weighted by molar-refractivity contribution is 9.10. The van der Waals surface area contributed by atoms with Crippen molar-refractivity contribution in [3.8, 4) is 0 Å². The maximum atomic E-state index is 11.9. The van der Waals surface area contributed by atoms with Crippen LogP contribution in [0.2, 0.25) is 5.02 Å². The van der Waals surface area contributed by atoms with E-state index in [1.165, 1.54) is 16.8 Å². The summed E-state index contributed by atoms with van der Waals surface area (Å²) in [6, 6.07) is 1.47. The maximum Gasteiger partial charge on any atom is 0.329 e. The van der Waals surface area contributed by atoms with Gasteiger partial charge in [0.15, 0.2) is 0 Å². The second-order valence-electron chi connectivity index (χ2n) is 3.87. The summed E-state index contributed by atoms with van der Waals surface area (Å²) in [4.78, 5) is 23.1. The highest BCUT2D eigenvalue weighted by atomic mass is 79.9. The van der Waals surface area contributed by atoms with E-state index in [1.807, 2.05) is 0 Å². The molecule has 1 heterocycles. The van der Waals surface area contributed by atoms with Crippen molar-refractivity contribution in [3.05, 3.63) is 32.1 Å². The Morgan fingerprint density at radius 3 is 2.62 bits per heavy atom. The van der Waals surface area contributed by atoms with Gasteiger partial charge in [0.2, 0.25) is 0 Å². The summed E-state index contributed by atoms with van der Waals surface area (Å²) >= 11 is 8.91. The third-order valence-electron chi connectivity index (χ3n) is 2.98. The lowest BCUT2D eigenvalue weighted by molar-refractivity contribution is -0.152. The zero-order valence-corrected chi connectivity index (χ0v) is 10.6. The van der Waals surface area contributed by atoms with Crippen LogP contribution in [0.5, 0.6) is 0 Å². The van der Waals surface area contributed by atoms with Gasteiger partial charge in [0.05, 0.1) is 9.50 Å². The number of aromatic nitrogens is 1. The predicted octanol–water partition coefficient (Wildman–Crippen LogP) is 2.23. The Kier molecular flexibility index (Phi) is 2.84. The molecule has 0 bridgehead atoms. The van der Waals surface area contributed by atoms with Gasteiger partial charge >= 0.3 is 5.97 Å². The molecule has 0 aliphatic heterocycles. The first-order valence-corrected chi connectivity index (χ1v) is 5.96. The number of hydrogen-bond acceptors (Lipinski definition) is 2. The van der Waals surface area contributed by atoms with E-state index in [4.69, 9.17) is 11.6 Å². The summed E-state index contributed by atoms with van der Waals surface area (Å²) in [5.74, 6) is -0.977. The molecule has 1 fully saturated rings. The fourth-order valence-corrected chi connectivity index (χ4v) is 2.68. The van der Waals surface area contributed by atoms with Crippen LogP contribution in [-0.2, 0) is 10.3 Å². The number of rotatable bonds is 2. The lowest BCUT2D eigenvalue weighted by Gasteiger charge is -2.39. The molecule has 2 rings (SSSR count). The van der Waals surface area contributed by atoms with Gasteiger partial charge in [-0.25, -0.2) is 4.79 Å². The number of pyridine rings is 1. The topological polar surface area (TPSA) is 59.3 Å². The van der Waals surface area contributed by atoms with Crippen LogP contribution in [0.1, 0.15) is 19.3 Å². The minimum absolute atomic E-state index is 0.285. The van der Waals surface area contributed by atoms with E-state index in [-0.39, 0.29) is 10.0 Å². The molecule has 1 aromatic heterocycles. The van der Waals surface area contributed by atoms with Crippen molar-refractivity contribution in [2.75, 3.05) is 0 Å². The van der Waals surface area contributed by atoms with Crippen LogP contribution in [0, 0.1) is 0 Å². The molecule has 0 amide bonds. The first-order valence-electron chi connectivity index (χ1n) is 4.79. The summed E-state index contributed by atoms with van der Waals surface area (Å²) in [6.07, 6.45) is 3.13. The molecule has 0 radical (unpaired) electrons. The molecule has 1 saturated carbocycles. The standard InChI is InChI=1S/C10H9BrClNO3/c11-7-4-6(12)5-13(8(7)14)10(9(15)16)2-1-3-10/h4-5H,1-3H2,(H,15,16). The molecule has 0 unspecified atom stereocenters. The fraction of sp³-hybridized carbons (Fsp3) is 0.400. The highest BCUT2D eigenvalue weighted by Crippen LogP contribution is 2.39. The predicted molar refractivity (Wildman–Crippen MR) is 62.9 cm³/mol. The molecule has 1 aromatic rings. The van der Waals surface area contributed by atoms with Crippen LogP contribution in [0.3, 0.4) is 0 Å². The van der Waals surface area contributed by atoms with Gasteiger partial charge in [-0.2, -0.15) is 0 Å². The van der Waals surface area contributed by atoms with E-state index >= 15 is 0 Å². The van der Waals surface area contributed by atoms with Crippen molar-refractivity contribution < 1.29 is 9.90 Å². The molecule has 0 saturated heterocycles. The number of halogens is 2. The first kappa shape index (κ1) is 11.7. The summed E-state index contributed by atoms with van der Waals surface area (Å²) in [7, 11) is 0. The molecule has 1 aliphatic carbocycles. The number of hydrogen-bond donors (Lipinski definition) is 1. The monoisotopic (exact) mass is 305 g/mol. The van der Waals surface area contributed by atoms with Crippen LogP contribution in [0.4, 0.5) is 0 Å². The van der Waals surface area contributed by atoms with Crippen molar-refractivity contribution in [3.63, 3.8) is 0 Å². The second kappa shape index (κ2) is 3.89. The number of carboxylic acids is 1. The number of carboxylic acid groups (broad SMARTS) is 1. The number of aliphatic carboxylic acids is 1. The van der Waals surface area contributed by atoms with Gasteiger partial charge in [-0.3, -0.25) is 9.36 Å². The average molecular weight is 307 g/mol. The van der Waals surface area contributed by atoms with E-state index in [2.05, 4.69) is 15.9 Å². The molecule has 1 aliphatic rings. The minimum Gasteiger partial charge on any atom is -0.479 e.